The Balaban J connectivity index is 1.86. The number of nitrogens with zero attached hydrogens (tertiary/aromatic N) is 1. The van der Waals surface area contributed by atoms with Crippen LogP contribution in [0, 0.1) is 5.92 Å². The Kier molecular flexibility index (Phi) is 5.21. The molecule has 112 valence electrons. The van der Waals surface area contributed by atoms with E-state index in [9.17, 15) is 9.59 Å². The SMILES string of the molecule is C[C@H](NC(=O)[C@H]1CC=CCC1)C(=O)N1CCCC[C@@H]1C. The van der Waals surface area contributed by atoms with E-state index in [-0.39, 0.29) is 17.7 Å². The Morgan fingerprint density at radius 2 is 2.05 bits per heavy atom. The molecule has 3 atom stereocenters. The summed E-state index contributed by atoms with van der Waals surface area (Å²) in [7, 11) is 0. The Hall–Kier alpha value is -1.32. The molecule has 0 aromatic heterocycles. The van der Waals surface area contributed by atoms with Gasteiger partial charge < -0.3 is 10.2 Å². The zero-order chi connectivity index (χ0) is 14.5. The van der Waals surface area contributed by atoms with Crippen LogP contribution in [-0.2, 0) is 9.59 Å². The molecule has 0 radical (unpaired) electrons. The number of allylic oxidation sites excluding steroid dienone is 2. The quantitative estimate of drug-likeness (QED) is 0.805. The third-order valence-electron chi connectivity index (χ3n) is 4.46. The molecule has 0 unspecified atom stereocenters. The van der Waals surface area contributed by atoms with Gasteiger partial charge in [-0.05, 0) is 52.4 Å². The van der Waals surface area contributed by atoms with Crippen LogP contribution in [0.1, 0.15) is 52.4 Å². The standard InChI is InChI=1S/C16H26N2O2/c1-12-8-6-7-11-18(12)16(20)13(2)17-15(19)14-9-4-3-5-10-14/h3-4,12-14H,5-11H2,1-2H3,(H,17,19)/t12-,13-,14-/m0/s1. The highest BCUT2D eigenvalue weighted by atomic mass is 16.2. The summed E-state index contributed by atoms with van der Waals surface area (Å²) in [6.07, 6.45) is 10.2. The van der Waals surface area contributed by atoms with Gasteiger partial charge in [-0.3, -0.25) is 9.59 Å². The van der Waals surface area contributed by atoms with Crippen molar-refractivity contribution in [3.63, 3.8) is 0 Å². The first kappa shape index (κ1) is 15.1. The fourth-order valence-corrected chi connectivity index (χ4v) is 3.10. The number of carbonyl (C=O) groups is 2. The molecule has 0 aromatic carbocycles. The van der Waals surface area contributed by atoms with Gasteiger partial charge in [-0.2, -0.15) is 0 Å². The highest BCUT2D eigenvalue weighted by Crippen LogP contribution is 2.19. The van der Waals surface area contributed by atoms with Gasteiger partial charge in [0.1, 0.15) is 6.04 Å². The average molecular weight is 278 g/mol. The van der Waals surface area contributed by atoms with E-state index >= 15 is 0 Å². The molecule has 1 aliphatic carbocycles. The van der Waals surface area contributed by atoms with Crippen LogP contribution in [-0.4, -0.2) is 35.3 Å². The molecule has 4 nitrogen and oxygen atoms in total. The molecule has 20 heavy (non-hydrogen) atoms. The number of hydrogen-bond acceptors (Lipinski definition) is 2. The topological polar surface area (TPSA) is 49.4 Å². The first-order chi connectivity index (χ1) is 9.59. The molecule has 1 aliphatic heterocycles. The predicted octanol–water partition coefficient (Wildman–Crippen LogP) is 2.25. The van der Waals surface area contributed by atoms with E-state index < -0.39 is 6.04 Å². The van der Waals surface area contributed by atoms with Crippen LogP contribution in [0.4, 0.5) is 0 Å². The van der Waals surface area contributed by atoms with Crippen molar-refractivity contribution in [1.29, 1.82) is 0 Å². The van der Waals surface area contributed by atoms with Gasteiger partial charge in [0, 0.05) is 18.5 Å². The number of hydrogen-bond donors (Lipinski definition) is 1. The molecule has 0 bridgehead atoms. The highest BCUT2D eigenvalue weighted by molar-refractivity contribution is 5.88. The summed E-state index contributed by atoms with van der Waals surface area (Å²) in [6.45, 7) is 4.73. The molecule has 4 heteroatoms. The van der Waals surface area contributed by atoms with Crippen LogP contribution in [0.2, 0.25) is 0 Å². The van der Waals surface area contributed by atoms with Gasteiger partial charge in [0.05, 0.1) is 0 Å². The van der Waals surface area contributed by atoms with E-state index in [1.807, 2.05) is 4.90 Å². The van der Waals surface area contributed by atoms with E-state index in [0.29, 0.717) is 6.04 Å². The van der Waals surface area contributed by atoms with Crippen molar-refractivity contribution >= 4 is 11.8 Å². The second kappa shape index (κ2) is 6.91. The van der Waals surface area contributed by atoms with Crippen molar-refractivity contribution < 1.29 is 9.59 Å². The molecule has 2 aliphatic rings. The molecular weight excluding hydrogens is 252 g/mol. The van der Waals surface area contributed by atoms with Gasteiger partial charge in [-0.25, -0.2) is 0 Å². The normalized spacial score (nSPS) is 28.0. The lowest BCUT2D eigenvalue weighted by atomic mass is 9.93. The van der Waals surface area contributed by atoms with Crippen LogP contribution in [0.3, 0.4) is 0 Å². The second-order valence-corrected chi connectivity index (χ2v) is 6.09. The first-order valence-electron chi connectivity index (χ1n) is 7.85. The van der Waals surface area contributed by atoms with Gasteiger partial charge in [0.15, 0.2) is 0 Å². The fourth-order valence-electron chi connectivity index (χ4n) is 3.10. The van der Waals surface area contributed by atoms with E-state index in [4.69, 9.17) is 0 Å². The molecular formula is C16H26N2O2. The third-order valence-corrected chi connectivity index (χ3v) is 4.46. The van der Waals surface area contributed by atoms with E-state index in [1.54, 1.807) is 6.92 Å². The van der Waals surface area contributed by atoms with Crippen molar-refractivity contribution in [2.75, 3.05) is 6.54 Å². The minimum atomic E-state index is -0.408. The Morgan fingerprint density at radius 3 is 2.70 bits per heavy atom. The number of rotatable bonds is 3. The fraction of sp³-hybridized carbons (Fsp3) is 0.750. The van der Waals surface area contributed by atoms with Crippen molar-refractivity contribution in [2.24, 2.45) is 5.92 Å². The minimum Gasteiger partial charge on any atom is -0.344 e. The lowest BCUT2D eigenvalue weighted by Crippen LogP contribution is -2.52. The van der Waals surface area contributed by atoms with E-state index in [0.717, 1.165) is 38.6 Å². The predicted molar refractivity (Wildman–Crippen MR) is 79.1 cm³/mol. The maximum atomic E-state index is 12.4. The summed E-state index contributed by atoms with van der Waals surface area (Å²) in [5.74, 6) is 0.130. The molecule has 0 saturated carbocycles. The van der Waals surface area contributed by atoms with Crippen molar-refractivity contribution in [3.8, 4) is 0 Å². The molecule has 1 saturated heterocycles. The maximum Gasteiger partial charge on any atom is 0.245 e. The molecule has 1 heterocycles. The molecule has 2 rings (SSSR count). The van der Waals surface area contributed by atoms with Crippen LogP contribution >= 0.6 is 0 Å². The summed E-state index contributed by atoms with van der Waals surface area (Å²) >= 11 is 0. The lowest BCUT2D eigenvalue weighted by Gasteiger charge is -2.35. The second-order valence-electron chi connectivity index (χ2n) is 6.09. The number of piperidine rings is 1. The molecule has 0 aromatic rings. The highest BCUT2D eigenvalue weighted by Gasteiger charge is 2.29. The number of nitrogens with one attached hydrogen (secondary N) is 1. The van der Waals surface area contributed by atoms with Crippen LogP contribution in [0.5, 0.6) is 0 Å². The summed E-state index contributed by atoms with van der Waals surface area (Å²) in [5, 5.41) is 2.90. The maximum absolute atomic E-state index is 12.4. The number of amides is 2. The largest absolute Gasteiger partial charge is 0.344 e. The Labute approximate surface area is 121 Å². The van der Waals surface area contributed by atoms with Gasteiger partial charge in [0.25, 0.3) is 0 Å². The Bertz CT molecular complexity index is 392. The van der Waals surface area contributed by atoms with Gasteiger partial charge in [0.2, 0.25) is 11.8 Å². The first-order valence-corrected chi connectivity index (χ1v) is 7.85. The monoisotopic (exact) mass is 278 g/mol. The number of carbonyl (C=O) groups excluding carboxylic acids is 2. The Morgan fingerprint density at radius 1 is 1.25 bits per heavy atom. The smallest absolute Gasteiger partial charge is 0.245 e. The zero-order valence-corrected chi connectivity index (χ0v) is 12.6. The molecule has 1 fully saturated rings. The van der Waals surface area contributed by atoms with Gasteiger partial charge in [-0.1, -0.05) is 12.2 Å². The van der Waals surface area contributed by atoms with Crippen molar-refractivity contribution in [1.82, 2.24) is 10.2 Å². The lowest BCUT2D eigenvalue weighted by molar-refractivity contribution is -0.139. The minimum absolute atomic E-state index is 0.0277. The zero-order valence-electron chi connectivity index (χ0n) is 12.6. The van der Waals surface area contributed by atoms with Crippen molar-refractivity contribution in [3.05, 3.63) is 12.2 Å². The number of likely N-dealkylation sites (tertiary alicyclic amines) is 1. The summed E-state index contributed by atoms with van der Waals surface area (Å²) < 4.78 is 0. The van der Waals surface area contributed by atoms with E-state index in [1.165, 1.54) is 6.42 Å². The molecule has 0 spiro atoms. The van der Waals surface area contributed by atoms with Crippen molar-refractivity contribution in [2.45, 2.75) is 64.5 Å². The molecule has 2 amide bonds. The summed E-state index contributed by atoms with van der Waals surface area (Å²) in [6, 6.07) is -0.109. The third kappa shape index (κ3) is 3.62. The van der Waals surface area contributed by atoms with Crippen LogP contribution in [0.25, 0.3) is 0 Å². The van der Waals surface area contributed by atoms with Crippen LogP contribution in [0.15, 0.2) is 12.2 Å². The van der Waals surface area contributed by atoms with Gasteiger partial charge in [-0.15, -0.1) is 0 Å². The summed E-state index contributed by atoms with van der Waals surface area (Å²) in [4.78, 5) is 26.5. The van der Waals surface area contributed by atoms with Crippen LogP contribution < -0.4 is 5.32 Å². The summed E-state index contributed by atoms with van der Waals surface area (Å²) in [5.41, 5.74) is 0. The van der Waals surface area contributed by atoms with E-state index in [2.05, 4.69) is 24.4 Å². The molecule has 1 N–H and O–H groups in total. The average Bonchev–Trinajstić information content (AvgIpc) is 2.48. The van der Waals surface area contributed by atoms with Gasteiger partial charge >= 0.3 is 0 Å².